The average Bonchev–Trinajstić information content (AvgIpc) is 2.98. The standard InChI is InChI=1S/C28H40O3/c1-17(2)18(3)7-8-19(4)23-16-24(30)25-22-10-9-20-15-21(29)11-12-27(20,6)28(22,31)14-13-26(23,25)5/h7-10,15,17-19,23-24,30-31H,11-14,16H2,1-6H3/b8-7+/t18-,19+,23+,24-,26+,27-,28+/m0/s1. The third kappa shape index (κ3) is 3.26. The molecular formula is C28H40O3. The SMILES string of the molecule is CC(C)[C@@H](C)/C=C/[C@@H](C)[C@H]1C[C@H](O)C2=C3C=CC4=CC(=O)CC[C@]4(C)[C@@]3(O)CC[C@@]21C. The number of allylic oxidation sites excluding steroid dienone is 4. The first-order valence-corrected chi connectivity index (χ1v) is 12.2. The van der Waals surface area contributed by atoms with Gasteiger partial charge in [0.15, 0.2) is 5.78 Å². The van der Waals surface area contributed by atoms with E-state index in [0.717, 1.165) is 29.6 Å². The molecule has 0 saturated heterocycles. The van der Waals surface area contributed by atoms with Crippen LogP contribution in [0.2, 0.25) is 0 Å². The van der Waals surface area contributed by atoms with Crippen LogP contribution in [0.5, 0.6) is 0 Å². The number of ketones is 1. The van der Waals surface area contributed by atoms with Gasteiger partial charge in [-0.1, -0.05) is 65.8 Å². The van der Waals surface area contributed by atoms with Gasteiger partial charge in [-0.05, 0) is 77.6 Å². The Bertz CT molecular complexity index is 890. The van der Waals surface area contributed by atoms with Crippen molar-refractivity contribution in [3.05, 3.63) is 47.1 Å². The van der Waals surface area contributed by atoms with Crippen molar-refractivity contribution in [1.29, 1.82) is 0 Å². The smallest absolute Gasteiger partial charge is 0.156 e. The number of carbonyl (C=O) groups is 1. The van der Waals surface area contributed by atoms with E-state index < -0.39 is 17.1 Å². The van der Waals surface area contributed by atoms with Gasteiger partial charge < -0.3 is 10.2 Å². The van der Waals surface area contributed by atoms with Gasteiger partial charge in [0.05, 0.1) is 11.7 Å². The highest BCUT2D eigenvalue weighted by molar-refractivity contribution is 5.92. The lowest BCUT2D eigenvalue weighted by atomic mass is 9.51. The molecule has 0 amide bonds. The summed E-state index contributed by atoms with van der Waals surface area (Å²) in [5.41, 5.74) is 1.34. The summed E-state index contributed by atoms with van der Waals surface area (Å²) in [5.74, 6) is 2.03. The zero-order valence-corrected chi connectivity index (χ0v) is 20.1. The molecule has 0 aromatic carbocycles. The van der Waals surface area contributed by atoms with Crippen molar-refractivity contribution in [2.45, 2.75) is 85.4 Å². The van der Waals surface area contributed by atoms with E-state index in [1.165, 1.54) is 0 Å². The fourth-order valence-corrected chi connectivity index (χ4v) is 6.88. The minimum absolute atomic E-state index is 0.113. The summed E-state index contributed by atoms with van der Waals surface area (Å²) in [4.78, 5) is 12.0. The summed E-state index contributed by atoms with van der Waals surface area (Å²) in [6.07, 6.45) is 13.4. The third-order valence-electron chi connectivity index (χ3n) is 9.56. The maximum atomic E-state index is 12.1. The largest absolute Gasteiger partial charge is 0.389 e. The molecule has 3 nitrogen and oxygen atoms in total. The lowest BCUT2D eigenvalue weighted by Gasteiger charge is -2.56. The first-order chi connectivity index (χ1) is 14.4. The van der Waals surface area contributed by atoms with Gasteiger partial charge in [-0.15, -0.1) is 0 Å². The van der Waals surface area contributed by atoms with Crippen molar-refractivity contribution in [3.8, 4) is 0 Å². The first-order valence-electron chi connectivity index (χ1n) is 12.2. The van der Waals surface area contributed by atoms with E-state index in [2.05, 4.69) is 53.7 Å². The van der Waals surface area contributed by atoms with Gasteiger partial charge >= 0.3 is 0 Å². The third-order valence-corrected chi connectivity index (χ3v) is 9.56. The molecule has 31 heavy (non-hydrogen) atoms. The van der Waals surface area contributed by atoms with Crippen molar-refractivity contribution < 1.29 is 15.0 Å². The van der Waals surface area contributed by atoms with E-state index in [0.29, 0.717) is 42.9 Å². The van der Waals surface area contributed by atoms with E-state index in [1.54, 1.807) is 6.08 Å². The van der Waals surface area contributed by atoms with Crippen LogP contribution in [0.15, 0.2) is 47.1 Å². The van der Waals surface area contributed by atoms with Crippen LogP contribution < -0.4 is 0 Å². The predicted molar refractivity (Wildman–Crippen MR) is 125 cm³/mol. The molecule has 0 heterocycles. The van der Waals surface area contributed by atoms with Gasteiger partial charge in [-0.2, -0.15) is 0 Å². The molecule has 0 unspecified atom stereocenters. The van der Waals surface area contributed by atoms with Crippen molar-refractivity contribution >= 4 is 5.78 Å². The maximum absolute atomic E-state index is 12.1. The summed E-state index contributed by atoms with van der Waals surface area (Å²) < 4.78 is 0. The Morgan fingerprint density at radius 3 is 2.45 bits per heavy atom. The number of hydrogen-bond donors (Lipinski definition) is 2. The fraction of sp³-hybridized carbons (Fsp3) is 0.679. The number of carbonyl (C=O) groups excluding carboxylic acids is 1. The van der Waals surface area contributed by atoms with Crippen molar-refractivity contribution in [2.75, 3.05) is 0 Å². The molecule has 1 fully saturated rings. The van der Waals surface area contributed by atoms with Crippen molar-refractivity contribution in [2.24, 2.45) is 34.5 Å². The predicted octanol–water partition coefficient (Wildman–Crippen LogP) is 5.54. The van der Waals surface area contributed by atoms with Crippen LogP contribution in [0.1, 0.15) is 73.6 Å². The van der Waals surface area contributed by atoms with Gasteiger partial charge in [0.2, 0.25) is 0 Å². The highest BCUT2D eigenvalue weighted by Crippen LogP contribution is 2.65. The van der Waals surface area contributed by atoms with Crippen LogP contribution in [0.3, 0.4) is 0 Å². The maximum Gasteiger partial charge on any atom is 0.156 e. The van der Waals surface area contributed by atoms with Gasteiger partial charge in [0.25, 0.3) is 0 Å². The number of hydrogen-bond acceptors (Lipinski definition) is 3. The normalized spacial score (nSPS) is 41.8. The molecule has 7 atom stereocenters. The van der Waals surface area contributed by atoms with Crippen LogP contribution in [-0.4, -0.2) is 27.7 Å². The molecule has 0 bridgehead atoms. The Labute approximate surface area is 188 Å². The number of fused-ring (bicyclic) bond motifs is 4. The molecule has 0 spiro atoms. The highest BCUT2D eigenvalue weighted by atomic mass is 16.3. The number of aliphatic hydroxyl groups is 2. The Balaban J connectivity index is 1.75. The van der Waals surface area contributed by atoms with E-state index in [1.807, 2.05) is 12.2 Å². The molecule has 4 aliphatic carbocycles. The highest BCUT2D eigenvalue weighted by Gasteiger charge is 2.61. The summed E-state index contributed by atoms with van der Waals surface area (Å²) in [7, 11) is 0. The first kappa shape index (κ1) is 22.7. The van der Waals surface area contributed by atoms with E-state index in [9.17, 15) is 15.0 Å². The Morgan fingerprint density at radius 1 is 1.06 bits per heavy atom. The second-order valence-corrected chi connectivity index (χ2v) is 11.5. The lowest BCUT2D eigenvalue weighted by molar-refractivity contribution is -0.118. The topological polar surface area (TPSA) is 57.5 Å². The second kappa shape index (κ2) is 7.56. The fourth-order valence-electron chi connectivity index (χ4n) is 6.88. The number of rotatable bonds is 4. The van der Waals surface area contributed by atoms with Crippen LogP contribution in [-0.2, 0) is 4.79 Å². The van der Waals surface area contributed by atoms with Gasteiger partial charge in [0, 0.05) is 11.8 Å². The molecule has 0 aliphatic heterocycles. The molecule has 0 radical (unpaired) electrons. The minimum atomic E-state index is -1.01. The Hall–Kier alpha value is -1.45. The second-order valence-electron chi connectivity index (χ2n) is 11.5. The van der Waals surface area contributed by atoms with Crippen LogP contribution in [0, 0.1) is 34.5 Å². The van der Waals surface area contributed by atoms with Crippen LogP contribution in [0.4, 0.5) is 0 Å². The van der Waals surface area contributed by atoms with Crippen molar-refractivity contribution in [1.82, 2.24) is 0 Å². The molecule has 3 heteroatoms. The molecule has 0 aromatic rings. The van der Waals surface area contributed by atoms with Gasteiger partial charge in [0.1, 0.15) is 0 Å². The van der Waals surface area contributed by atoms with Gasteiger partial charge in [-0.25, -0.2) is 0 Å². The molecule has 4 aliphatic rings. The Morgan fingerprint density at radius 2 is 1.77 bits per heavy atom. The summed E-state index contributed by atoms with van der Waals surface area (Å²) in [5, 5.41) is 23.3. The minimum Gasteiger partial charge on any atom is -0.389 e. The number of aliphatic hydroxyl groups excluding tert-OH is 1. The summed E-state index contributed by atoms with van der Waals surface area (Å²) in [6.45, 7) is 13.5. The monoisotopic (exact) mass is 424 g/mol. The van der Waals surface area contributed by atoms with E-state index >= 15 is 0 Å². The molecule has 1 saturated carbocycles. The van der Waals surface area contributed by atoms with Crippen molar-refractivity contribution in [3.63, 3.8) is 0 Å². The Kier molecular flexibility index (Phi) is 5.54. The van der Waals surface area contributed by atoms with Crippen LogP contribution >= 0.6 is 0 Å². The average molecular weight is 425 g/mol. The zero-order valence-electron chi connectivity index (χ0n) is 20.1. The summed E-state index contributed by atoms with van der Waals surface area (Å²) >= 11 is 0. The zero-order chi connectivity index (χ0) is 22.8. The molecule has 170 valence electrons. The van der Waals surface area contributed by atoms with Gasteiger partial charge in [-0.3, -0.25) is 4.79 Å². The summed E-state index contributed by atoms with van der Waals surface area (Å²) in [6, 6.07) is 0. The quantitative estimate of drug-likeness (QED) is 0.582. The lowest BCUT2D eigenvalue weighted by Crippen LogP contribution is -2.55. The molecular weight excluding hydrogens is 384 g/mol. The molecule has 4 rings (SSSR count). The molecule has 0 aromatic heterocycles. The van der Waals surface area contributed by atoms with E-state index in [4.69, 9.17) is 0 Å². The van der Waals surface area contributed by atoms with Crippen LogP contribution in [0.25, 0.3) is 0 Å². The van der Waals surface area contributed by atoms with E-state index in [-0.39, 0.29) is 11.2 Å². The molecule has 2 N–H and O–H groups in total.